The maximum absolute atomic E-state index is 12.9. The number of hydrogen-bond acceptors (Lipinski definition) is 7. The summed E-state index contributed by atoms with van der Waals surface area (Å²) < 4.78 is 59.0. The fourth-order valence-electron chi connectivity index (χ4n) is 5.53. The molecule has 1 aromatic rings. The van der Waals surface area contributed by atoms with E-state index in [1.54, 1.807) is 16.4 Å². The van der Waals surface area contributed by atoms with E-state index in [1.807, 2.05) is 13.8 Å². The van der Waals surface area contributed by atoms with Crippen molar-refractivity contribution in [2.24, 2.45) is 5.41 Å². The quantitative estimate of drug-likeness (QED) is 0.580. The maximum atomic E-state index is 12.9. The second-order valence-electron chi connectivity index (χ2n) is 11.0. The Bertz CT molecular complexity index is 1170. The molecule has 4 rings (SSSR count). The number of likely N-dealkylation sites (tertiary alicyclic amines) is 1. The summed E-state index contributed by atoms with van der Waals surface area (Å²) in [7, 11) is -6.94. The van der Waals surface area contributed by atoms with Crippen molar-refractivity contribution in [2.75, 3.05) is 64.1 Å². The van der Waals surface area contributed by atoms with Crippen LogP contribution in [0.15, 0.2) is 29.2 Å². The molecule has 3 aliphatic rings. The molecular formula is C24H38N4O6S2. The van der Waals surface area contributed by atoms with Crippen LogP contribution in [0.1, 0.15) is 39.5 Å². The van der Waals surface area contributed by atoms with Gasteiger partial charge < -0.3 is 10.1 Å². The second-order valence-corrected chi connectivity index (χ2v) is 14.8. The molecule has 0 saturated carbocycles. The van der Waals surface area contributed by atoms with Gasteiger partial charge >= 0.3 is 0 Å². The van der Waals surface area contributed by atoms with Gasteiger partial charge in [0.2, 0.25) is 26.0 Å². The van der Waals surface area contributed by atoms with Crippen LogP contribution >= 0.6 is 0 Å². The number of ether oxygens (including phenoxy) is 1. The molecular weight excluding hydrogens is 504 g/mol. The molecule has 1 spiro atoms. The SMILES string of the molecule is CC1(C)CCC2(CCN(CC(=O)Nc3cccc(S(=O)(=O)N4CCOCC4)c3)CC2)CN1S(C)(=O)=O. The van der Waals surface area contributed by atoms with E-state index in [1.165, 1.54) is 22.7 Å². The molecule has 202 valence electrons. The third kappa shape index (κ3) is 6.11. The van der Waals surface area contributed by atoms with Crippen molar-refractivity contribution in [3.63, 3.8) is 0 Å². The number of carbonyl (C=O) groups excluding carboxylic acids is 1. The summed E-state index contributed by atoms with van der Waals surface area (Å²) in [5.74, 6) is -0.200. The summed E-state index contributed by atoms with van der Waals surface area (Å²) in [4.78, 5) is 15.0. The predicted octanol–water partition coefficient (Wildman–Crippen LogP) is 1.56. The molecule has 12 heteroatoms. The normalized spacial score (nSPS) is 24.0. The van der Waals surface area contributed by atoms with Crippen molar-refractivity contribution in [2.45, 2.75) is 50.0 Å². The minimum Gasteiger partial charge on any atom is -0.379 e. The summed E-state index contributed by atoms with van der Waals surface area (Å²) in [6, 6.07) is 6.35. The van der Waals surface area contributed by atoms with Gasteiger partial charge in [0.15, 0.2) is 0 Å². The van der Waals surface area contributed by atoms with Crippen LogP contribution in [-0.4, -0.2) is 101 Å². The standard InChI is InChI=1S/C24H38N4O6S2/c1-23(2)7-8-24(19-28(23)35(3,30)31)9-11-26(12-10-24)18-22(29)25-20-5-4-6-21(17-20)36(32,33)27-13-15-34-16-14-27/h4-6,17H,7-16,18-19H2,1-3H3,(H,25,29). The van der Waals surface area contributed by atoms with Crippen molar-refractivity contribution < 1.29 is 26.4 Å². The molecule has 0 aliphatic carbocycles. The van der Waals surface area contributed by atoms with Gasteiger partial charge in [-0.05, 0) is 76.2 Å². The largest absolute Gasteiger partial charge is 0.379 e. The van der Waals surface area contributed by atoms with Gasteiger partial charge in [0.1, 0.15) is 0 Å². The fraction of sp³-hybridized carbons (Fsp3) is 0.708. The Balaban J connectivity index is 1.33. The number of hydrogen-bond donors (Lipinski definition) is 1. The van der Waals surface area contributed by atoms with E-state index < -0.39 is 20.0 Å². The first-order chi connectivity index (χ1) is 16.8. The van der Waals surface area contributed by atoms with Crippen molar-refractivity contribution in [1.82, 2.24) is 13.5 Å². The third-order valence-electron chi connectivity index (χ3n) is 7.83. The number of morpholine rings is 1. The molecule has 1 amide bonds. The number of nitrogens with zero attached hydrogens (tertiary/aromatic N) is 3. The smallest absolute Gasteiger partial charge is 0.243 e. The molecule has 1 N–H and O–H groups in total. The summed E-state index contributed by atoms with van der Waals surface area (Å²) in [5, 5.41) is 2.84. The van der Waals surface area contributed by atoms with Gasteiger partial charge in [-0.2, -0.15) is 8.61 Å². The Morgan fingerprint density at radius 2 is 1.67 bits per heavy atom. The Morgan fingerprint density at radius 3 is 2.31 bits per heavy atom. The summed E-state index contributed by atoms with van der Waals surface area (Å²) >= 11 is 0. The Hall–Kier alpha value is -1.57. The molecule has 3 heterocycles. The van der Waals surface area contributed by atoms with Crippen molar-refractivity contribution in [3.05, 3.63) is 24.3 Å². The summed E-state index contributed by atoms with van der Waals surface area (Å²) in [6.45, 7) is 7.52. The average molecular weight is 543 g/mol. The minimum atomic E-state index is -3.64. The van der Waals surface area contributed by atoms with E-state index in [0.717, 1.165) is 38.8 Å². The zero-order chi connectivity index (χ0) is 26.2. The number of carbonyl (C=O) groups is 1. The maximum Gasteiger partial charge on any atom is 0.243 e. The van der Waals surface area contributed by atoms with Crippen LogP contribution in [0.4, 0.5) is 5.69 Å². The lowest BCUT2D eigenvalue weighted by atomic mass is 9.69. The lowest BCUT2D eigenvalue weighted by Gasteiger charge is -2.52. The van der Waals surface area contributed by atoms with Gasteiger partial charge in [-0.15, -0.1) is 0 Å². The van der Waals surface area contributed by atoms with Crippen molar-refractivity contribution in [3.8, 4) is 0 Å². The van der Waals surface area contributed by atoms with Gasteiger partial charge in [0, 0.05) is 30.9 Å². The van der Waals surface area contributed by atoms with Gasteiger partial charge in [-0.25, -0.2) is 16.8 Å². The molecule has 0 unspecified atom stereocenters. The van der Waals surface area contributed by atoms with Gasteiger partial charge in [0.25, 0.3) is 0 Å². The molecule has 0 radical (unpaired) electrons. The number of piperidine rings is 2. The van der Waals surface area contributed by atoms with Crippen molar-refractivity contribution >= 4 is 31.6 Å². The lowest BCUT2D eigenvalue weighted by Crippen LogP contribution is -2.58. The predicted molar refractivity (Wildman–Crippen MR) is 138 cm³/mol. The molecule has 36 heavy (non-hydrogen) atoms. The van der Waals surface area contributed by atoms with E-state index in [-0.39, 0.29) is 28.3 Å². The van der Waals surface area contributed by atoms with Gasteiger partial charge in [-0.3, -0.25) is 9.69 Å². The van der Waals surface area contributed by atoms with Gasteiger partial charge in [-0.1, -0.05) is 6.07 Å². The third-order valence-corrected chi connectivity index (χ3v) is 11.1. The fourth-order valence-corrected chi connectivity index (χ4v) is 8.48. The highest BCUT2D eigenvalue weighted by Crippen LogP contribution is 2.45. The highest BCUT2D eigenvalue weighted by atomic mass is 32.2. The van der Waals surface area contributed by atoms with Crippen LogP contribution in [0.3, 0.4) is 0 Å². The van der Waals surface area contributed by atoms with Crippen LogP contribution in [0.2, 0.25) is 0 Å². The number of amides is 1. The molecule has 3 saturated heterocycles. The van der Waals surface area contributed by atoms with Crippen LogP contribution in [-0.2, 0) is 29.6 Å². The van der Waals surface area contributed by atoms with E-state index in [4.69, 9.17) is 4.74 Å². The van der Waals surface area contributed by atoms with Crippen LogP contribution < -0.4 is 5.32 Å². The molecule has 0 atom stereocenters. The Labute approximate surface area is 215 Å². The molecule has 0 bridgehead atoms. The monoisotopic (exact) mass is 542 g/mol. The van der Waals surface area contributed by atoms with E-state index in [9.17, 15) is 21.6 Å². The topological polar surface area (TPSA) is 116 Å². The van der Waals surface area contributed by atoms with Gasteiger partial charge in [0.05, 0.1) is 30.9 Å². The number of benzene rings is 1. The number of anilines is 1. The highest BCUT2D eigenvalue weighted by Gasteiger charge is 2.47. The molecule has 3 fully saturated rings. The summed E-state index contributed by atoms with van der Waals surface area (Å²) in [5.41, 5.74) is 0.0223. The first-order valence-corrected chi connectivity index (χ1v) is 15.8. The van der Waals surface area contributed by atoms with Crippen LogP contribution in [0, 0.1) is 5.41 Å². The van der Waals surface area contributed by atoms with Crippen molar-refractivity contribution in [1.29, 1.82) is 0 Å². The highest BCUT2D eigenvalue weighted by molar-refractivity contribution is 7.89. The van der Waals surface area contributed by atoms with Crippen LogP contribution in [0.25, 0.3) is 0 Å². The zero-order valence-corrected chi connectivity index (χ0v) is 23.0. The molecule has 0 aromatic heterocycles. The number of rotatable bonds is 6. The first kappa shape index (κ1) is 27.5. The van der Waals surface area contributed by atoms with E-state index in [0.29, 0.717) is 38.5 Å². The zero-order valence-electron chi connectivity index (χ0n) is 21.4. The molecule has 10 nitrogen and oxygen atoms in total. The summed E-state index contributed by atoms with van der Waals surface area (Å²) in [6.07, 6.45) is 4.78. The minimum absolute atomic E-state index is 0.0479. The van der Waals surface area contributed by atoms with E-state index >= 15 is 0 Å². The van der Waals surface area contributed by atoms with Crippen LogP contribution in [0.5, 0.6) is 0 Å². The Kier molecular flexibility index (Phi) is 7.86. The first-order valence-electron chi connectivity index (χ1n) is 12.5. The molecule has 3 aliphatic heterocycles. The second kappa shape index (κ2) is 10.3. The number of sulfonamides is 2. The molecule has 1 aromatic carbocycles. The number of nitrogens with one attached hydrogen (secondary N) is 1. The lowest BCUT2D eigenvalue weighted by molar-refractivity contribution is -0.118. The average Bonchev–Trinajstić information content (AvgIpc) is 2.82. The van der Waals surface area contributed by atoms with E-state index in [2.05, 4.69) is 10.2 Å². The Morgan fingerprint density at radius 1 is 1.00 bits per heavy atom.